The van der Waals surface area contributed by atoms with Crippen molar-refractivity contribution in [1.82, 2.24) is 14.7 Å². The molecular formula is C12H12F3N3. The first-order valence-electron chi connectivity index (χ1n) is 5.84. The number of nitrogens with zero attached hydrogens (tertiary/aromatic N) is 2. The van der Waals surface area contributed by atoms with E-state index in [9.17, 15) is 13.2 Å². The van der Waals surface area contributed by atoms with Crippen LogP contribution in [0.5, 0.6) is 0 Å². The minimum Gasteiger partial charge on any atom is -0.316 e. The number of hydrogen-bond acceptors (Lipinski definition) is 2. The van der Waals surface area contributed by atoms with Crippen molar-refractivity contribution in [3.05, 3.63) is 35.3 Å². The molecule has 1 aliphatic heterocycles. The van der Waals surface area contributed by atoms with E-state index in [2.05, 4.69) is 10.3 Å². The number of pyridine rings is 1. The Kier molecular flexibility index (Phi) is 2.55. The maximum absolute atomic E-state index is 13.0. The number of halogens is 3. The molecule has 1 aliphatic rings. The van der Waals surface area contributed by atoms with E-state index in [1.54, 1.807) is 6.07 Å². The van der Waals surface area contributed by atoms with E-state index in [1.165, 1.54) is 10.5 Å². The number of aromatic nitrogens is 2. The number of nitrogens with one attached hydrogen (secondary N) is 1. The van der Waals surface area contributed by atoms with Gasteiger partial charge in [0.1, 0.15) is 11.3 Å². The first kappa shape index (κ1) is 11.5. The van der Waals surface area contributed by atoms with Gasteiger partial charge < -0.3 is 5.32 Å². The second kappa shape index (κ2) is 3.98. The van der Waals surface area contributed by atoms with Crippen molar-refractivity contribution in [1.29, 1.82) is 0 Å². The monoisotopic (exact) mass is 255 g/mol. The Bertz CT molecular complexity index is 586. The predicted molar refractivity (Wildman–Crippen MR) is 60.5 cm³/mol. The number of imidazole rings is 1. The van der Waals surface area contributed by atoms with Gasteiger partial charge in [-0.3, -0.25) is 4.40 Å². The molecule has 18 heavy (non-hydrogen) atoms. The Morgan fingerprint density at radius 3 is 2.72 bits per heavy atom. The maximum Gasteiger partial charge on any atom is 0.431 e. The first-order valence-corrected chi connectivity index (χ1v) is 5.84. The molecule has 2 aromatic rings. The van der Waals surface area contributed by atoms with E-state index in [0.29, 0.717) is 30.7 Å². The van der Waals surface area contributed by atoms with Gasteiger partial charge in [0.2, 0.25) is 0 Å². The van der Waals surface area contributed by atoms with Crippen LogP contribution in [0.1, 0.15) is 17.1 Å². The molecule has 0 aromatic carbocycles. The molecule has 0 saturated carbocycles. The van der Waals surface area contributed by atoms with Crippen LogP contribution in [0.25, 0.3) is 5.65 Å². The van der Waals surface area contributed by atoms with Crippen molar-refractivity contribution in [2.45, 2.75) is 19.0 Å². The van der Waals surface area contributed by atoms with Crippen LogP contribution in [0.2, 0.25) is 0 Å². The zero-order valence-electron chi connectivity index (χ0n) is 9.59. The summed E-state index contributed by atoms with van der Waals surface area (Å²) in [6, 6.07) is 4.13. The number of hydrogen-bond donors (Lipinski definition) is 1. The van der Waals surface area contributed by atoms with E-state index in [4.69, 9.17) is 0 Å². The smallest absolute Gasteiger partial charge is 0.316 e. The van der Waals surface area contributed by atoms with Crippen LogP contribution in [0.3, 0.4) is 0 Å². The lowest BCUT2D eigenvalue weighted by molar-refractivity contribution is -0.142. The van der Waals surface area contributed by atoms with Crippen molar-refractivity contribution in [3.8, 4) is 0 Å². The molecule has 0 fully saturated rings. The largest absolute Gasteiger partial charge is 0.431 e. The van der Waals surface area contributed by atoms with Crippen LogP contribution in [0, 0.1) is 0 Å². The molecule has 0 amide bonds. The van der Waals surface area contributed by atoms with Gasteiger partial charge in [0.15, 0.2) is 0 Å². The summed E-state index contributed by atoms with van der Waals surface area (Å²) < 4.78 is 40.3. The van der Waals surface area contributed by atoms with Crippen molar-refractivity contribution >= 4 is 5.65 Å². The standard InChI is InChI=1S/C12H12F3N3/c13-12(14,15)10-2-1-3-11-17-8-4-6-16-7-5-9(8)18(10)11/h1-3,16H,4-7H2. The molecule has 0 saturated heterocycles. The fraction of sp³-hybridized carbons (Fsp3) is 0.417. The van der Waals surface area contributed by atoms with Gasteiger partial charge in [-0.05, 0) is 12.1 Å². The average Bonchev–Trinajstić information content (AvgIpc) is 2.51. The Hall–Kier alpha value is -1.56. The van der Waals surface area contributed by atoms with Crippen LogP contribution in [0.4, 0.5) is 13.2 Å². The molecule has 2 aromatic heterocycles. The highest BCUT2D eigenvalue weighted by atomic mass is 19.4. The fourth-order valence-corrected chi connectivity index (χ4v) is 2.42. The molecule has 1 N–H and O–H groups in total. The van der Waals surface area contributed by atoms with Crippen LogP contribution in [-0.2, 0) is 19.0 Å². The second-order valence-electron chi connectivity index (χ2n) is 4.36. The molecule has 0 radical (unpaired) electrons. The van der Waals surface area contributed by atoms with Gasteiger partial charge in [-0.1, -0.05) is 6.07 Å². The number of fused-ring (bicyclic) bond motifs is 3. The lowest BCUT2D eigenvalue weighted by atomic mass is 10.2. The van der Waals surface area contributed by atoms with E-state index >= 15 is 0 Å². The fourth-order valence-electron chi connectivity index (χ4n) is 2.42. The maximum atomic E-state index is 13.0. The second-order valence-corrected chi connectivity index (χ2v) is 4.36. The third-order valence-electron chi connectivity index (χ3n) is 3.19. The van der Waals surface area contributed by atoms with Gasteiger partial charge in [-0.25, -0.2) is 4.98 Å². The lowest BCUT2D eigenvalue weighted by Gasteiger charge is -2.11. The molecule has 0 unspecified atom stereocenters. The van der Waals surface area contributed by atoms with Crippen LogP contribution in [0.15, 0.2) is 18.2 Å². The Labute approximate surface area is 102 Å². The molecule has 6 heteroatoms. The molecule has 96 valence electrons. The van der Waals surface area contributed by atoms with Crippen molar-refractivity contribution in [3.63, 3.8) is 0 Å². The molecule has 0 atom stereocenters. The predicted octanol–water partition coefficient (Wildman–Crippen LogP) is 2.04. The highest BCUT2D eigenvalue weighted by Crippen LogP contribution is 2.31. The SMILES string of the molecule is FC(F)(F)c1cccc2nc3c(n12)CCNCC3. The summed E-state index contributed by atoms with van der Waals surface area (Å²) in [6.07, 6.45) is -3.11. The highest BCUT2D eigenvalue weighted by Gasteiger charge is 2.34. The first-order chi connectivity index (χ1) is 8.57. The normalized spacial score (nSPS) is 16.6. The van der Waals surface area contributed by atoms with Crippen molar-refractivity contribution in [2.24, 2.45) is 0 Å². The summed E-state index contributed by atoms with van der Waals surface area (Å²) in [6.45, 7) is 1.45. The van der Waals surface area contributed by atoms with Gasteiger partial charge in [-0.15, -0.1) is 0 Å². The van der Waals surface area contributed by atoms with E-state index in [-0.39, 0.29) is 0 Å². The Balaban J connectivity index is 2.29. The lowest BCUT2D eigenvalue weighted by Crippen LogP contribution is -2.18. The topological polar surface area (TPSA) is 29.3 Å². The number of rotatable bonds is 0. The van der Waals surface area contributed by atoms with Crippen molar-refractivity contribution in [2.75, 3.05) is 13.1 Å². The molecule has 0 aliphatic carbocycles. The summed E-state index contributed by atoms with van der Waals surface area (Å²) in [5.41, 5.74) is 1.20. The quantitative estimate of drug-likeness (QED) is 0.780. The summed E-state index contributed by atoms with van der Waals surface area (Å²) >= 11 is 0. The number of alkyl halides is 3. The molecule has 3 nitrogen and oxygen atoms in total. The Morgan fingerprint density at radius 1 is 1.17 bits per heavy atom. The van der Waals surface area contributed by atoms with Gasteiger partial charge in [0.25, 0.3) is 0 Å². The van der Waals surface area contributed by atoms with Crippen molar-refractivity contribution < 1.29 is 13.2 Å². The zero-order valence-corrected chi connectivity index (χ0v) is 9.59. The van der Waals surface area contributed by atoms with Crippen LogP contribution < -0.4 is 5.32 Å². The summed E-state index contributed by atoms with van der Waals surface area (Å²) in [5.74, 6) is 0. The van der Waals surface area contributed by atoms with Gasteiger partial charge in [0, 0.05) is 31.6 Å². The third kappa shape index (κ3) is 1.77. The molecule has 3 rings (SSSR count). The zero-order chi connectivity index (χ0) is 12.8. The van der Waals surface area contributed by atoms with E-state index in [1.807, 2.05) is 0 Å². The summed E-state index contributed by atoms with van der Waals surface area (Å²) in [7, 11) is 0. The average molecular weight is 255 g/mol. The van der Waals surface area contributed by atoms with Crippen LogP contribution >= 0.6 is 0 Å². The van der Waals surface area contributed by atoms with E-state index < -0.39 is 11.9 Å². The molecule has 0 bridgehead atoms. The third-order valence-corrected chi connectivity index (χ3v) is 3.19. The van der Waals surface area contributed by atoms with Gasteiger partial charge in [0.05, 0.1) is 5.69 Å². The van der Waals surface area contributed by atoms with Gasteiger partial charge in [-0.2, -0.15) is 13.2 Å². The van der Waals surface area contributed by atoms with Gasteiger partial charge >= 0.3 is 6.18 Å². The minimum atomic E-state index is -4.35. The Morgan fingerprint density at radius 2 is 1.94 bits per heavy atom. The summed E-state index contributed by atoms with van der Waals surface area (Å²) in [4.78, 5) is 4.31. The minimum absolute atomic E-state index is 0.386. The molecule has 0 spiro atoms. The molecular weight excluding hydrogens is 243 g/mol. The van der Waals surface area contributed by atoms with E-state index in [0.717, 1.165) is 18.3 Å². The highest BCUT2D eigenvalue weighted by molar-refractivity contribution is 5.46. The summed E-state index contributed by atoms with van der Waals surface area (Å²) in [5, 5.41) is 3.17. The van der Waals surface area contributed by atoms with Crippen LogP contribution in [-0.4, -0.2) is 22.5 Å². The molecule has 3 heterocycles.